The van der Waals surface area contributed by atoms with Crippen LogP contribution < -0.4 is 19.8 Å². The number of ether oxygens (including phenoxy) is 3. The molecule has 6 nitrogen and oxygen atoms in total. The molecule has 7 heteroatoms. The van der Waals surface area contributed by atoms with Crippen molar-refractivity contribution in [2.45, 2.75) is 6.61 Å². The molecule has 0 saturated carbocycles. The first kappa shape index (κ1) is 17.6. The number of hydrogen-bond acceptors (Lipinski definition) is 5. The molecule has 0 spiro atoms. The average molecular weight is 407 g/mol. The average Bonchev–Trinajstić information content (AvgIpc) is 3.21. The summed E-state index contributed by atoms with van der Waals surface area (Å²) in [5, 5.41) is 1.13. The second-order valence-corrected chi connectivity index (χ2v) is 6.90. The Morgan fingerprint density at radius 2 is 1.79 bits per heavy atom. The van der Waals surface area contributed by atoms with Gasteiger partial charge in [-0.15, -0.1) is 0 Å². The minimum absolute atomic E-state index is 0.0995. The van der Waals surface area contributed by atoms with Crippen molar-refractivity contribution < 1.29 is 14.2 Å². The number of nitrogens with zero attached hydrogens (tertiary/aromatic N) is 2. The number of benzene rings is 3. The van der Waals surface area contributed by atoms with Crippen LogP contribution in [0.1, 0.15) is 5.82 Å². The fourth-order valence-electron chi connectivity index (χ4n) is 3.25. The molecular formula is C22H15ClN2O4. The lowest BCUT2D eigenvalue weighted by Gasteiger charge is -2.14. The monoisotopic (exact) mass is 406 g/mol. The molecule has 1 aromatic heterocycles. The van der Waals surface area contributed by atoms with E-state index in [9.17, 15) is 4.79 Å². The van der Waals surface area contributed by atoms with Gasteiger partial charge in [-0.2, -0.15) is 0 Å². The van der Waals surface area contributed by atoms with Crippen LogP contribution in [0.5, 0.6) is 17.2 Å². The van der Waals surface area contributed by atoms with Crippen molar-refractivity contribution in [3.05, 3.63) is 87.9 Å². The zero-order valence-electron chi connectivity index (χ0n) is 15.2. The number of aromatic nitrogens is 2. The van der Waals surface area contributed by atoms with Gasteiger partial charge in [0.05, 0.1) is 16.6 Å². The lowest BCUT2D eigenvalue weighted by atomic mass is 10.2. The molecular weight excluding hydrogens is 392 g/mol. The minimum atomic E-state index is -0.165. The summed E-state index contributed by atoms with van der Waals surface area (Å²) in [5.74, 6) is 2.39. The van der Waals surface area contributed by atoms with Crippen molar-refractivity contribution in [3.63, 3.8) is 0 Å². The summed E-state index contributed by atoms with van der Waals surface area (Å²) in [7, 11) is 0. The van der Waals surface area contributed by atoms with Gasteiger partial charge in [-0.3, -0.25) is 9.36 Å². The maximum absolute atomic E-state index is 13.2. The van der Waals surface area contributed by atoms with E-state index in [0.29, 0.717) is 44.7 Å². The molecule has 4 aromatic rings. The first-order valence-corrected chi connectivity index (χ1v) is 9.36. The molecule has 0 bridgehead atoms. The Labute approximate surface area is 170 Å². The molecule has 0 N–H and O–H groups in total. The van der Waals surface area contributed by atoms with Crippen molar-refractivity contribution in [1.29, 1.82) is 0 Å². The van der Waals surface area contributed by atoms with E-state index in [1.54, 1.807) is 53.1 Å². The van der Waals surface area contributed by atoms with Crippen LogP contribution in [0.15, 0.2) is 71.5 Å². The largest absolute Gasteiger partial charge is 0.486 e. The fourth-order valence-corrected chi connectivity index (χ4v) is 3.37. The summed E-state index contributed by atoms with van der Waals surface area (Å²) >= 11 is 6.01. The van der Waals surface area contributed by atoms with Gasteiger partial charge in [-0.1, -0.05) is 23.7 Å². The molecule has 0 fully saturated rings. The number of hydrogen-bond donors (Lipinski definition) is 0. The van der Waals surface area contributed by atoms with Gasteiger partial charge >= 0.3 is 0 Å². The van der Waals surface area contributed by atoms with E-state index in [-0.39, 0.29) is 19.0 Å². The van der Waals surface area contributed by atoms with Gasteiger partial charge in [0, 0.05) is 11.1 Å². The molecule has 1 aliphatic heterocycles. The number of halogens is 1. The van der Waals surface area contributed by atoms with Gasteiger partial charge in [0.15, 0.2) is 17.3 Å². The third-order valence-electron chi connectivity index (χ3n) is 4.64. The quantitative estimate of drug-likeness (QED) is 0.504. The first-order valence-electron chi connectivity index (χ1n) is 8.98. The highest BCUT2D eigenvalue weighted by atomic mass is 35.5. The van der Waals surface area contributed by atoms with E-state index < -0.39 is 0 Å². The van der Waals surface area contributed by atoms with Crippen LogP contribution in [0.25, 0.3) is 16.6 Å². The smallest absolute Gasteiger partial charge is 0.266 e. The van der Waals surface area contributed by atoms with Crippen molar-refractivity contribution in [2.24, 2.45) is 0 Å². The highest BCUT2D eigenvalue weighted by Gasteiger charge is 2.16. The summed E-state index contributed by atoms with van der Waals surface area (Å²) in [5.41, 5.74) is 1.12. The third kappa shape index (κ3) is 3.28. The molecule has 0 saturated heterocycles. The van der Waals surface area contributed by atoms with Gasteiger partial charge in [-0.05, 0) is 48.5 Å². The lowest BCUT2D eigenvalue weighted by molar-refractivity contribution is 0.173. The van der Waals surface area contributed by atoms with Crippen molar-refractivity contribution in [1.82, 2.24) is 9.55 Å². The van der Waals surface area contributed by atoms with Gasteiger partial charge in [0.1, 0.15) is 12.4 Å². The highest BCUT2D eigenvalue weighted by Crippen LogP contribution is 2.35. The molecule has 1 aliphatic rings. The first-order chi connectivity index (χ1) is 14.2. The second kappa shape index (κ2) is 7.14. The van der Waals surface area contributed by atoms with Crippen LogP contribution in [0.3, 0.4) is 0 Å². The molecule has 5 rings (SSSR count). The molecule has 29 heavy (non-hydrogen) atoms. The molecule has 2 heterocycles. The zero-order chi connectivity index (χ0) is 19.8. The van der Waals surface area contributed by atoms with Crippen LogP contribution in [-0.4, -0.2) is 16.3 Å². The summed E-state index contributed by atoms with van der Waals surface area (Å²) < 4.78 is 18.2. The number of fused-ring (bicyclic) bond motifs is 2. The summed E-state index contributed by atoms with van der Waals surface area (Å²) in [6.45, 7) is 0.295. The van der Waals surface area contributed by atoms with Crippen LogP contribution in [0, 0.1) is 0 Å². The van der Waals surface area contributed by atoms with Crippen molar-refractivity contribution in [2.75, 3.05) is 6.79 Å². The van der Waals surface area contributed by atoms with Crippen LogP contribution in [-0.2, 0) is 6.61 Å². The Morgan fingerprint density at radius 3 is 2.66 bits per heavy atom. The van der Waals surface area contributed by atoms with E-state index in [1.807, 2.05) is 18.2 Å². The Bertz CT molecular complexity index is 1270. The molecule has 0 unspecified atom stereocenters. The van der Waals surface area contributed by atoms with Crippen LogP contribution in [0.4, 0.5) is 0 Å². The van der Waals surface area contributed by atoms with Crippen LogP contribution >= 0.6 is 11.6 Å². The molecule has 0 amide bonds. The van der Waals surface area contributed by atoms with Crippen LogP contribution in [0.2, 0.25) is 5.02 Å². The fraction of sp³-hybridized carbons (Fsp3) is 0.0909. The number of rotatable bonds is 4. The standard InChI is InChI=1S/C22H15ClN2O4/c23-14-5-7-15(8-6-14)25-21(24-18-4-2-1-3-17(18)22(25)26)12-27-16-9-10-19-20(11-16)29-13-28-19/h1-11H,12-13H2. The van der Waals surface area contributed by atoms with Crippen molar-refractivity contribution in [3.8, 4) is 22.9 Å². The Balaban J connectivity index is 1.57. The Morgan fingerprint density at radius 1 is 1.00 bits per heavy atom. The highest BCUT2D eigenvalue weighted by molar-refractivity contribution is 6.30. The summed E-state index contributed by atoms with van der Waals surface area (Å²) in [6, 6.07) is 19.6. The Kier molecular flexibility index (Phi) is 4.33. The van der Waals surface area contributed by atoms with E-state index in [0.717, 1.165) is 0 Å². The van der Waals surface area contributed by atoms with Crippen molar-refractivity contribution >= 4 is 22.5 Å². The SMILES string of the molecule is O=c1c2ccccc2nc(COc2ccc3c(c2)OCO3)n1-c1ccc(Cl)cc1. The maximum atomic E-state index is 13.2. The third-order valence-corrected chi connectivity index (χ3v) is 4.89. The lowest BCUT2D eigenvalue weighted by Crippen LogP contribution is -2.25. The molecule has 0 atom stereocenters. The van der Waals surface area contributed by atoms with E-state index in [1.165, 1.54) is 0 Å². The Hall–Kier alpha value is -3.51. The van der Waals surface area contributed by atoms with Gasteiger partial charge in [0.25, 0.3) is 5.56 Å². The molecule has 3 aromatic carbocycles. The van der Waals surface area contributed by atoms with E-state index in [2.05, 4.69) is 4.98 Å². The summed E-state index contributed by atoms with van der Waals surface area (Å²) in [6.07, 6.45) is 0. The van der Waals surface area contributed by atoms with E-state index in [4.69, 9.17) is 25.8 Å². The normalized spacial score (nSPS) is 12.3. The topological polar surface area (TPSA) is 62.6 Å². The molecule has 0 radical (unpaired) electrons. The van der Waals surface area contributed by atoms with E-state index >= 15 is 0 Å². The zero-order valence-corrected chi connectivity index (χ0v) is 15.9. The predicted molar refractivity (Wildman–Crippen MR) is 109 cm³/mol. The minimum Gasteiger partial charge on any atom is -0.486 e. The van der Waals surface area contributed by atoms with Gasteiger partial charge in [-0.25, -0.2) is 4.98 Å². The predicted octanol–water partition coefficient (Wildman–Crippen LogP) is 4.35. The number of para-hydroxylation sites is 1. The summed E-state index contributed by atoms with van der Waals surface area (Å²) in [4.78, 5) is 17.9. The van der Waals surface area contributed by atoms with Gasteiger partial charge < -0.3 is 14.2 Å². The maximum Gasteiger partial charge on any atom is 0.266 e. The second-order valence-electron chi connectivity index (χ2n) is 6.47. The molecule has 144 valence electrons. The van der Waals surface area contributed by atoms with Gasteiger partial charge in [0.2, 0.25) is 6.79 Å². The molecule has 0 aliphatic carbocycles.